The average molecular weight is 268 g/mol. The van der Waals surface area contributed by atoms with Crippen molar-refractivity contribution in [3.63, 3.8) is 0 Å². The molecule has 19 heavy (non-hydrogen) atoms. The maximum Gasteiger partial charge on any atom is 0.387 e. The first-order chi connectivity index (χ1) is 9.10. The molecule has 102 valence electrons. The Morgan fingerprint density at radius 2 is 1.95 bits per heavy atom. The fraction of sp³-hybridized carbons (Fsp3) is 0.250. The van der Waals surface area contributed by atoms with Crippen LogP contribution in [0.2, 0.25) is 0 Å². The van der Waals surface area contributed by atoms with Gasteiger partial charge in [0.15, 0.2) is 0 Å². The van der Waals surface area contributed by atoms with Crippen molar-refractivity contribution in [3.05, 3.63) is 47.8 Å². The molecule has 0 aliphatic rings. The Morgan fingerprint density at radius 3 is 2.42 bits per heavy atom. The Hall–Kier alpha value is -1.99. The second kappa shape index (κ2) is 5.77. The molecule has 0 spiro atoms. The van der Waals surface area contributed by atoms with Crippen molar-refractivity contribution in [2.24, 2.45) is 12.9 Å². The minimum atomic E-state index is -2.83. The number of halogens is 2. The zero-order valence-electron chi connectivity index (χ0n) is 10.3. The van der Waals surface area contributed by atoms with Gasteiger partial charge in [0.25, 0.3) is 0 Å². The van der Waals surface area contributed by atoms with Crippen molar-refractivity contribution >= 4 is 0 Å². The van der Waals surface area contributed by atoms with E-state index in [9.17, 15) is 8.78 Å². The van der Waals surface area contributed by atoms with Crippen LogP contribution in [0, 0.1) is 0 Å². The third-order valence-electron chi connectivity index (χ3n) is 2.64. The molecule has 2 rings (SSSR count). The summed E-state index contributed by atoms with van der Waals surface area (Å²) in [5.74, 6) is 5.62. The minimum Gasteiger partial charge on any atom is -0.435 e. The van der Waals surface area contributed by atoms with Gasteiger partial charge in [-0.05, 0) is 23.8 Å². The summed E-state index contributed by atoms with van der Waals surface area (Å²) in [5, 5.41) is 4.25. The van der Waals surface area contributed by atoms with Gasteiger partial charge in [0, 0.05) is 13.2 Å². The molecule has 5 nitrogen and oxygen atoms in total. The lowest BCUT2D eigenvalue weighted by Crippen LogP contribution is -2.29. The van der Waals surface area contributed by atoms with Gasteiger partial charge in [0.2, 0.25) is 0 Å². The van der Waals surface area contributed by atoms with Gasteiger partial charge in [-0.25, -0.2) is 5.43 Å². The fourth-order valence-electron chi connectivity index (χ4n) is 1.78. The molecule has 1 aromatic carbocycles. The Balaban J connectivity index is 2.19. The number of aryl methyl sites for hydroxylation is 1. The third-order valence-corrected chi connectivity index (χ3v) is 2.64. The second-order valence-corrected chi connectivity index (χ2v) is 3.96. The third kappa shape index (κ3) is 3.27. The van der Waals surface area contributed by atoms with Crippen molar-refractivity contribution in [3.8, 4) is 5.75 Å². The number of hydrogen-bond acceptors (Lipinski definition) is 4. The second-order valence-electron chi connectivity index (χ2n) is 3.96. The summed E-state index contributed by atoms with van der Waals surface area (Å²) in [6, 6.07) is 7.78. The van der Waals surface area contributed by atoms with Gasteiger partial charge in [-0.2, -0.15) is 13.9 Å². The molecule has 2 aromatic rings. The summed E-state index contributed by atoms with van der Waals surface area (Å²) in [5.41, 5.74) is 4.19. The number of benzene rings is 1. The predicted octanol–water partition coefficient (Wildman–Crippen LogP) is 1.57. The minimum absolute atomic E-state index is 0.107. The Bertz CT molecular complexity index is 527. The molecule has 1 aromatic heterocycles. The van der Waals surface area contributed by atoms with Gasteiger partial charge in [0.05, 0.1) is 11.7 Å². The molecule has 0 aliphatic heterocycles. The summed E-state index contributed by atoms with van der Waals surface area (Å²) in [6.45, 7) is -2.83. The van der Waals surface area contributed by atoms with Crippen molar-refractivity contribution in [2.75, 3.05) is 0 Å². The van der Waals surface area contributed by atoms with Crippen LogP contribution in [0.25, 0.3) is 0 Å². The van der Waals surface area contributed by atoms with Crippen LogP contribution < -0.4 is 16.0 Å². The number of hydrazine groups is 1. The number of hydrogen-bond donors (Lipinski definition) is 2. The Labute approximate surface area is 108 Å². The van der Waals surface area contributed by atoms with E-state index in [1.165, 1.54) is 12.1 Å². The molecule has 1 unspecified atom stereocenters. The molecule has 0 amide bonds. The standard InChI is InChI=1S/C12H14F2N4O/c1-18-7-6-10(17-18)11(16-15)8-2-4-9(5-3-8)19-12(13)14/h2-7,11-12,16H,15H2,1H3. The molecule has 1 heterocycles. The zero-order chi connectivity index (χ0) is 13.8. The number of ether oxygens (including phenoxy) is 1. The highest BCUT2D eigenvalue weighted by Crippen LogP contribution is 2.23. The predicted molar refractivity (Wildman–Crippen MR) is 65.4 cm³/mol. The average Bonchev–Trinajstić information content (AvgIpc) is 2.78. The van der Waals surface area contributed by atoms with Crippen molar-refractivity contribution in [1.29, 1.82) is 0 Å². The number of alkyl halides is 2. The zero-order valence-corrected chi connectivity index (χ0v) is 10.3. The van der Waals surface area contributed by atoms with Gasteiger partial charge in [-0.3, -0.25) is 10.5 Å². The Kier molecular flexibility index (Phi) is 4.08. The molecule has 0 bridgehead atoms. The van der Waals surface area contributed by atoms with E-state index >= 15 is 0 Å². The monoisotopic (exact) mass is 268 g/mol. The topological polar surface area (TPSA) is 65.1 Å². The maximum absolute atomic E-state index is 12.0. The summed E-state index contributed by atoms with van der Waals surface area (Å²) in [7, 11) is 1.80. The van der Waals surface area contributed by atoms with Gasteiger partial charge in [-0.15, -0.1) is 0 Å². The number of nitrogens with zero attached hydrogens (tertiary/aromatic N) is 2. The molecule has 1 atom stereocenters. The van der Waals surface area contributed by atoms with E-state index in [2.05, 4.69) is 15.3 Å². The van der Waals surface area contributed by atoms with Crippen LogP contribution >= 0.6 is 0 Å². The molecule has 0 fully saturated rings. The van der Waals surface area contributed by atoms with Gasteiger partial charge in [0.1, 0.15) is 5.75 Å². The smallest absolute Gasteiger partial charge is 0.387 e. The van der Waals surface area contributed by atoms with Crippen LogP contribution in [0.5, 0.6) is 5.75 Å². The van der Waals surface area contributed by atoms with Gasteiger partial charge in [-0.1, -0.05) is 12.1 Å². The number of aromatic nitrogens is 2. The van der Waals surface area contributed by atoms with E-state index in [4.69, 9.17) is 5.84 Å². The summed E-state index contributed by atoms with van der Waals surface area (Å²) in [4.78, 5) is 0. The van der Waals surface area contributed by atoms with Crippen LogP contribution in [0.15, 0.2) is 36.5 Å². The molecule has 3 N–H and O–H groups in total. The van der Waals surface area contributed by atoms with Crippen molar-refractivity contribution in [1.82, 2.24) is 15.2 Å². The lowest BCUT2D eigenvalue weighted by atomic mass is 10.0. The van der Waals surface area contributed by atoms with E-state index < -0.39 is 6.61 Å². The SMILES string of the molecule is Cn1ccc(C(NN)c2ccc(OC(F)F)cc2)n1. The van der Waals surface area contributed by atoms with Gasteiger partial charge >= 0.3 is 6.61 Å². The first-order valence-electron chi connectivity index (χ1n) is 5.60. The van der Waals surface area contributed by atoms with Crippen LogP contribution in [-0.2, 0) is 7.05 Å². The van der Waals surface area contributed by atoms with E-state index in [1.807, 2.05) is 6.07 Å². The Morgan fingerprint density at radius 1 is 1.26 bits per heavy atom. The molecule has 0 saturated carbocycles. The van der Waals surface area contributed by atoms with E-state index in [0.29, 0.717) is 0 Å². The quantitative estimate of drug-likeness (QED) is 0.638. The first kappa shape index (κ1) is 13.4. The van der Waals surface area contributed by atoms with Crippen LogP contribution in [0.4, 0.5) is 8.78 Å². The lowest BCUT2D eigenvalue weighted by Gasteiger charge is -2.14. The van der Waals surface area contributed by atoms with Crippen LogP contribution in [0.3, 0.4) is 0 Å². The molecule has 0 aliphatic carbocycles. The number of nitrogens with one attached hydrogen (secondary N) is 1. The van der Waals surface area contributed by atoms with E-state index in [0.717, 1.165) is 11.3 Å². The maximum atomic E-state index is 12.0. The molecular formula is C12H14F2N4O. The molecule has 0 radical (unpaired) electrons. The summed E-state index contributed by atoms with van der Waals surface area (Å²) >= 11 is 0. The first-order valence-corrected chi connectivity index (χ1v) is 5.60. The van der Waals surface area contributed by atoms with Crippen molar-refractivity contribution < 1.29 is 13.5 Å². The van der Waals surface area contributed by atoms with Crippen molar-refractivity contribution in [2.45, 2.75) is 12.7 Å². The highest BCUT2D eigenvalue weighted by atomic mass is 19.3. The van der Waals surface area contributed by atoms with E-state index in [-0.39, 0.29) is 11.8 Å². The largest absolute Gasteiger partial charge is 0.435 e. The van der Waals surface area contributed by atoms with Gasteiger partial charge < -0.3 is 4.74 Å². The molecular weight excluding hydrogens is 254 g/mol. The highest BCUT2D eigenvalue weighted by molar-refractivity contribution is 5.32. The summed E-state index contributed by atoms with van der Waals surface area (Å²) < 4.78 is 30.0. The lowest BCUT2D eigenvalue weighted by molar-refractivity contribution is -0.0498. The normalized spacial score (nSPS) is 12.7. The number of nitrogens with two attached hydrogens (primary N) is 1. The number of rotatable bonds is 5. The highest BCUT2D eigenvalue weighted by Gasteiger charge is 2.15. The fourth-order valence-corrected chi connectivity index (χ4v) is 1.78. The summed E-state index contributed by atoms with van der Waals surface area (Å²) in [6.07, 6.45) is 1.80. The van der Waals surface area contributed by atoms with E-state index in [1.54, 1.807) is 30.1 Å². The molecule has 0 saturated heterocycles. The van der Waals surface area contributed by atoms with Crippen LogP contribution in [0.1, 0.15) is 17.3 Å². The van der Waals surface area contributed by atoms with Crippen LogP contribution in [-0.4, -0.2) is 16.4 Å². The molecule has 7 heteroatoms.